The third kappa shape index (κ3) is 3.56. The number of hydrogen-bond donors (Lipinski definition) is 1. The van der Waals surface area contributed by atoms with Gasteiger partial charge in [-0.05, 0) is 56.9 Å². The van der Waals surface area contributed by atoms with E-state index in [-0.39, 0.29) is 18.6 Å². The second-order valence-corrected chi connectivity index (χ2v) is 7.24. The molecule has 28 heavy (non-hydrogen) atoms. The summed E-state index contributed by atoms with van der Waals surface area (Å²) in [6.07, 6.45) is 2.48. The Morgan fingerprint density at radius 3 is 2.75 bits per heavy atom. The van der Waals surface area contributed by atoms with Gasteiger partial charge in [0.25, 0.3) is 5.91 Å². The van der Waals surface area contributed by atoms with E-state index in [2.05, 4.69) is 5.32 Å². The molecule has 1 saturated heterocycles. The van der Waals surface area contributed by atoms with E-state index in [1.807, 2.05) is 25.1 Å². The number of carbonyl (C=O) groups excluding carboxylic acids is 2. The Labute approximate surface area is 163 Å². The minimum atomic E-state index is -0.468. The maximum atomic E-state index is 13.0. The summed E-state index contributed by atoms with van der Waals surface area (Å²) in [5, 5.41) is 2.96. The molecule has 148 valence electrons. The number of hydrogen-bond acceptors (Lipinski definition) is 5. The van der Waals surface area contributed by atoms with Crippen molar-refractivity contribution in [2.45, 2.75) is 45.7 Å². The Balaban J connectivity index is 1.44. The summed E-state index contributed by atoms with van der Waals surface area (Å²) in [6.45, 7) is 4.76. The largest absolute Gasteiger partial charge is 0.466 e. The Morgan fingerprint density at radius 1 is 1.14 bits per heavy atom. The number of fused-ring (bicyclic) bond motifs is 1. The lowest BCUT2D eigenvalue weighted by Gasteiger charge is -2.34. The van der Waals surface area contributed by atoms with Gasteiger partial charge in [0.05, 0.1) is 5.56 Å². The van der Waals surface area contributed by atoms with Gasteiger partial charge in [0.2, 0.25) is 12.7 Å². The molecule has 1 aromatic carbocycles. The minimum Gasteiger partial charge on any atom is -0.466 e. The summed E-state index contributed by atoms with van der Waals surface area (Å²) in [5.41, 5.74) is 1.46. The molecular weight excluding hydrogens is 360 g/mol. The fraction of sp³-hybridized carbons (Fsp3) is 0.429. The lowest BCUT2D eigenvalue weighted by atomic mass is 10.00. The van der Waals surface area contributed by atoms with Gasteiger partial charge in [-0.1, -0.05) is 6.07 Å². The molecule has 0 radical (unpaired) electrons. The van der Waals surface area contributed by atoms with E-state index >= 15 is 0 Å². The molecule has 3 heterocycles. The number of benzene rings is 1. The van der Waals surface area contributed by atoms with Crippen molar-refractivity contribution in [3.05, 3.63) is 46.9 Å². The Hall–Kier alpha value is -2.96. The Morgan fingerprint density at radius 2 is 1.96 bits per heavy atom. The highest BCUT2D eigenvalue weighted by Gasteiger charge is 2.33. The van der Waals surface area contributed by atoms with Crippen molar-refractivity contribution in [3.8, 4) is 11.5 Å². The first kappa shape index (κ1) is 18.4. The number of aryl methyl sites for hydroxylation is 2. The molecule has 4 rings (SSSR count). The minimum absolute atomic E-state index is 0.136. The average Bonchev–Trinajstić information content (AvgIpc) is 3.30. The van der Waals surface area contributed by atoms with Crippen LogP contribution in [-0.2, 0) is 11.3 Å². The first-order valence-corrected chi connectivity index (χ1v) is 9.57. The van der Waals surface area contributed by atoms with Crippen molar-refractivity contribution in [1.29, 1.82) is 0 Å². The molecule has 0 aliphatic carbocycles. The quantitative estimate of drug-likeness (QED) is 0.877. The van der Waals surface area contributed by atoms with Crippen molar-refractivity contribution < 1.29 is 23.5 Å². The van der Waals surface area contributed by atoms with Crippen molar-refractivity contribution >= 4 is 11.8 Å². The number of carbonyl (C=O) groups is 2. The zero-order valence-corrected chi connectivity index (χ0v) is 16.1. The number of ether oxygens (including phenoxy) is 2. The van der Waals surface area contributed by atoms with Crippen LogP contribution in [0.25, 0.3) is 0 Å². The van der Waals surface area contributed by atoms with Crippen LogP contribution in [0.15, 0.2) is 28.7 Å². The van der Waals surface area contributed by atoms with Gasteiger partial charge >= 0.3 is 0 Å². The fourth-order valence-corrected chi connectivity index (χ4v) is 3.80. The lowest BCUT2D eigenvalue weighted by molar-refractivity contribution is -0.126. The van der Waals surface area contributed by atoms with Gasteiger partial charge in [-0.25, -0.2) is 0 Å². The van der Waals surface area contributed by atoms with Crippen LogP contribution in [0.1, 0.15) is 46.7 Å². The van der Waals surface area contributed by atoms with Crippen LogP contribution in [0.2, 0.25) is 0 Å². The standard InChI is InChI=1S/C21H24N2O5/c1-13-9-16(14(2)28-13)21(25)23-8-4-3-5-17(23)20(24)22-11-15-6-7-18-19(10-15)27-12-26-18/h6-7,9-10,17H,3-5,8,11-12H2,1-2H3,(H,22,24)/t17-/m1/s1. The smallest absolute Gasteiger partial charge is 0.258 e. The van der Waals surface area contributed by atoms with Crippen LogP contribution in [0, 0.1) is 13.8 Å². The molecule has 1 atom stereocenters. The number of amides is 2. The van der Waals surface area contributed by atoms with E-state index in [9.17, 15) is 9.59 Å². The molecular formula is C21H24N2O5. The van der Waals surface area contributed by atoms with Crippen LogP contribution in [-0.4, -0.2) is 36.1 Å². The van der Waals surface area contributed by atoms with E-state index in [0.29, 0.717) is 48.1 Å². The lowest BCUT2D eigenvalue weighted by Crippen LogP contribution is -2.51. The van der Waals surface area contributed by atoms with Gasteiger partial charge in [-0.2, -0.15) is 0 Å². The van der Waals surface area contributed by atoms with Crippen LogP contribution in [0.3, 0.4) is 0 Å². The third-order valence-electron chi connectivity index (χ3n) is 5.24. The van der Waals surface area contributed by atoms with Crippen LogP contribution >= 0.6 is 0 Å². The van der Waals surface area contributed by atoms with Gasteiger partial charge in [-0.15, -0.1) is 0 Å². The van der Waals surface area contributed by atoms with Crippen molar-refractivity contribution in [2.75, 3.05) is 13.3 Å². The zero-order chi connectivity index (χ0) is 19.7. The molecule has 0 unspecified atom stereocenters. The third-order valence-corrected chi connectivity index (χ3v) is 5.24. The highest BCUT2D eigenvalue weighted by Crippen LogP contribution is 2.32. The van der Waals surface area contributed by atoms with Crippen molar-refractivity contribution in [3.63, 3.8) is 0 Å². The van der Waals surface area contributed by atoms with Gasteiger partial charge < -0.3 is 24.1 Å². The summed E-state index contributed by atoms with van der Waals surface area (Å²) >= 11 is 0. The van der Waals surface area contributed by atoms with Gasteiger partial charge in [0.15, 0.2) is 11.5 Å². The molecule has 7 nitrogen and oxygen atoms in total. The average molecular weight is 384 g/mol. The van der Waals surface area contributed by atoms with Crippen molar-refractivity contribution in [2.24, 2.45) is 0 Å². The maximum absolute atomic E-state index is 13.0. The first-order valence-electron chi connectivity index (χ1n) is 9.57. The highest BCUT2D eigenvalue weighted by molar-refractivity contribution is 5.98. The van der Waals surface area contributed by atoms with Crippen molar-refractivity contribution in [1.82, 2.24) is 10.2 Å². The monoisotopic (exact) mass is 384 g/mol. The fourth-order valence-electron chi connectivity index (χ4n) is 3.80. The molecule has 0 spiro atoms. The van der Waals surface area contributed by atoms with Crippen LogP contribution in [0.4, 0.5) is 0 Å². The molecule has 2 aliphatic heterocycles. The normalized spacial score (nSPS) is 18.2. The van der Waals surface area contributed by atoms with Gasteiger partial charge in [0, 0.05) is 13.1 Å². The summed E-state index contributed by atoms with van der Waals surface area (Å²) in [7, 11) is 0. The van der Waals surface area contributed by atoms with E-state index < -0.39 is 6.04 Å². The summed E-state index contributed by atoms with van der Waals surface area (Å²) in [4.78, 5) is 27.5. The Bertz CT molecular complexity index is 904. The number of likely N-dealkylation sites (tertiary alicyclic amines) is 1. The molecule has 7 heteroatoms. The maximum Gasteiger partial charge on any atom is 0.258 e. The summed E-state index contributed by atoms with van der Waals surface area (Å²) < 4.78 is 16.2. The van der Waals surface area contributed by atoms with Crippen LogP contribution in [0.5, 0.6) is 11.5 Å². The number of rotatable bonds is 4. The second-order valence-electron chi connectivity index (χ2n) is 7.24. The molecule has 0 saturated carbocycles. The van der Waals surface area contributed by atoms with Crippen LogP contribution < -0.4 is 14.8 Å². The SMILES string of the molecule is Cc1cc(C(=O)N2CCCC[C@@H]2C(=O)NCc2ccc3c(c2)OCO3)c(C)o1. The molecule has 1 aromatic heterocycles. The predicted octanol–water partition coefficient (Wildman–Crippen LogP) is 2.94. The second kappa shape index (κ2) is 7.58. The number of nitrogens with zero attached hydrogens (tertiary/aromatic N) is 1. The summed E-state index contributed by atoms with van der Waals surface area (Å²) in [5.74, 6) is 2.41. The van der Waals surface area contributed by atoms with E-state index in [1.165, 1.54) is 0 Å². The molecule has 1 N–H and O–H groups in total. The number of piperidine rings is 1. The molecule has 1 fully saturated rings. The predicted molar refractivity (Wildman–Crippen MR) is 101 cm³/mol. The van der Waals surface area contributed by atoms with Gasteiger partial charge in [0.1, 0.15) is 17.6 Å². The first-order chi connectivity index (χ1) is 13.5. The van der Waals surface area contributed by atoms with E-state index in [4.69, 9.17) is 13.9 Å². The Kier molecular flexibility index (Phi) is 4.98. The zero-order valence-electron chi connectivity index (χ0n) is 16.1. The molecule has 2 amide bonds. The van der Waals surface area contributed by atoms with E-state index in [0.717, 1.165) is 18.4 Å². The molecule has 2 aromatic rings. The number of furan rings is 1. The highest BCUT2D eigenvalue weighted by atomic mass is 16.7. The molecule has 2 aliphatic rings. The number of nitrogens with one attached hydrogen (secondary N) is 1. The molecule has 0 bridgehead atoms. The van der Waals surface area contributed by atoms with Gasteiger partial charge in [-0.3, -0.25) is 9.59 Å². The topological polar surface area (TPSA) is 81.0 Å². The van der Waals surface area contributed by atoms with E-state index in [1.54, 1.807) is 17.9 Å². The summed E-state index contributed by atoms with van der Waals surface area (Å²) in [6, 6.07) is 6.88.